The molecular formula is C10H15NO2. The molecule has 0 unspecified atom stereocenters. The Morgan fingerprint density at radius 2 is 2.08 bits per heavy atom. The summed E-state index contributed by atoms with van der Waals surface area (Å²) in [4.78, 5) is 0. The molecule has 0 aromatic heterocycles. The average molecular weight is 181 g/mol. The molecule has 3 heteroatoms. The normalized spacial score (nSPS) is 12.5. The van der Waals surface area contributed by atoms with E-state index in [-0.39, 0.29) is 6.61 Å². The first-order valence-corrected chi connectivity index (χ1v) is 4.32. The first-order valence-electron chi connectivity index (χ1n) is 4.32. The number of aliphatic hydroxyl groups is 2. The topological polar surface area (TPSA) is 52.5 Å². The van der Waals surface area contributed by atoms with Crippen LogP contribution in [0.15, 0.2) is 24.3 Å². The maximum Gasteiger partial charge on any atom is 0.0942 e. The van der Waals surface area contributed by atoms with Crippen molar-refractivity contribution in [2.24, 2.45) is 0 Å². The molecule has 1 atom stereocenters. The summed E-state index contributed by atoms with van der Waals surface area (Å²) in [6.07, 6.45) is -0.695. The van der Waals surface area contributed by atoms with Crippen LogP contribution in [0.4, 0.5) is 5.69 Å². The number of rotatable bonds is 4. The molecule has 1 aromatic rings. The highest BCUT2D eigenvalue weighted by atomic mass is 16.3. The van der Waals surface area contributed by atoms with Gasteiger partial charge in [-0.15, -0.1) is 0 Å². The molecule has 3 N–H and O–H groups in total. The van der Waals surface area contributed by atoms with Crippen LogP contribution in [0.1, 0.15) is 5.56 Å². The maximum absolute atomic E-state index is 9.10. The summed E-state index contributed by atoms with van der Waals surface area (Å²) in [6.45, 7) is 2.16. The molecule has 0 saturated heterocycles. The number of aryl methyl sites for hydroxylation is 1. The van der Waals surface area contributed by atoms with E-state index in [2.05, 4.69) is 5.32 Å². The monoisotopic (exact) mass is 181 g/mol. The highest BCUT2D eigenvalue weighted by Crippen LogP contribution is 2.12. The van der Waals surface area contributed by atoms with E-state index < -0.39 is 6.10 Å². The van der Waals surface area contributed by atoms with Gasteiger partial charge in [0.25, 0.3) is 0 Å². The summed E-state index contributed by atoms with van der Waals surface area (Å²) in [6, 6.07) is 7.83. The van der Waals surface area contributed by atoms with E-state index in [0.717, 1.165) is 11.3 Å². The quantitative estimate of drug-likeness (QED) is 0.642. The van der Waals surface area contributed by atoms with Crippen molar-refractivity contribution in [1.82, 2.24) is 0 Å². The van der Waals surface area contributed by atoms with Crippen molar-refractivity contribution in [1.29, 1.82) is 0 Å². The number of para-hydroxylation sites is 1. The molecule has 0 aliphatic heterocycles. The van der Waals surface area contributed by atoms with Crippen LogP contribution in [0.25, 0.3) is 0 Å². The highest BCUT2D eigenvalue weighted by Gasteiger charge is 2.01. The largest absolute Gasteiger partial charge is 0.394 e. The Morgan fingerprint density at radius 1 is 1.38 bits per heavy atom. The van der Waals surface area contributed by atoms with Gasteiger partial charge in [0, 0.05) is 12.2 Å². The minimum Gasteiger partial charge on any atom is -0.394 e. The minimum absolute atomic E-state index is 0.209. The van der Waals surface area contributed by atoms with Crippen LogP contribution in [0, 0.1) is 6.92 Å². The van der Waals surface area contributed by atoms with Crippen molar-refractivity contribution in [2.45, 2.75) is 13.0 Å². The van der Waals surface area contributed by atoms with Crippen LogP contribution in [-0.2, 0) is 0 Å². The molecule has 0 fully saturated rings. The zero-order valence-corrected chi connectivity index (χ0v) is 7.70. The molecule has 0 spiro atoms. The number of anilines is 1. The predicted molar refractivity (Wildman–Crippen MR) is 52.8 cm³/mol. The molecule has 0 saturated carbocycles. The van der Waals surface area contributed by atoms with Crippen molar-refractivity contribution in [3.63, 3.8) is 0 Å². The van der Waals surface area contributed by atoms with Gasteiger partial charge in [-0.25, -0.2) is 0 Å². The summed E-state index contributed by atoms with van der Waals surface area (Å²) in [5.74, 6) is 0. The lowest BCUT2D eigenvalue weighted by Gasteiger charge is -2.11. The molecule has 1 rings (SSSR count). The second kappa shape index (κ2) is 4.84. The predicted octanol–water partition coefficient (Wildman–Crippen LogP) is 0.760. The zero-order chi connectivity index (χ0) is 9.68. The molecule has 1 aromatic carbocycles. The van der Waals surface area contributed by atoms with Gasteiger partial charge in [-0.3, -0.25) is 0 Å². The number of benzene rings is 1. The van der Waals surface area contributed by atoms with E-state index in [1.54, 1.807) is 0 Å². The fourth-order valence-corrected chi connectivity index (χ4v) is 1.06. The summed E-state index contributed by atoms with van der Waals surface area (Å²) in [5.41, 5.74) is 2.13. The highest BCUT2D eigenvalue weighted by molar-refractivity contribution is 5.50. The fourth-order valence-electron chi connectivity index (χ4n) is 1.06. The van der Waals surface area contributed by atoms with E-state index in [4.69, 9.17) is 10.2 Å². The second-order valence-electron chi connectivity index (χ2n) is 3.03. The second-order valence-corrected chi connectivity index (χ2v) is 3.03. The molecule has 0 radical (unpaired) electrons. The molecule has 3 nitrogen and oxygen atoms in total. The van der Waals surface area contributed by atoms with Crippen LogP contribution in [-0.4, -0.2) is 29.5 Å². The Bertz CT molecular complexity index is 263. The van der Waals surface area contributed by atoms with Gasteiger partial charge in [0.2, 0.25) is 0 Å². The van der Waals surface area contributed by atoms with Crippen LogP contribution in [0.5, 0.6) is 0 Å². The lowest BCUT2D eigenvalue weighted by atomic mass is 10.2. The van der Waals surface area contributed by atoms with Gasteiger partial charge in [0.1, 0.15) is 0 Å². The Morgan fingerprint density at radius 3 is 2.69 bits per heavy atom. The van der Waals surface area contributed by atoms with Gasteiger partial charge in [-0.1, -0.05) is 18.2 Å². The summed E-state index contributed by atoms with van der Waals surface area (Å²) in [5, 5.41) is 20.7. The first kappa shape index (κ1) is 10.0. The standard InChI is InChI=1S/C10H15NO2/c1-8-4-2-3-5-10(8)11-6-9(13)7-12/h2-5,9,11-13H,6-7H2,1H3/t9-/m0/s1. The number of hydrogen-bond donors (Lipinski definition) is 3. The van der Waals surface area contributed by atoms with E-state index in [1.165, 1.54) is 0 Å². The van der Waals surface area contributed by atoms with Gasteiger partial charge in [-0.05, 0) is 18.6 Å². The van der Waals surface area contributed by atoms with Gasteiger partial charge < -0.3 is 15.5 Å². The Balaban J connectivity index is 2.50. The van der Waals surface area contributed by atoms with Crippen LogP contribution < -0.4 is 5.32 Å². The lowest BCUT2D eigenvalue weighted by Crippen LogP contribution is -2.23. The Kier molecular flexibility index (Phi) is 3.73. The molecule has 0 aliphatic carbocycles. The molecule has 13 heavy (non-hydrogen) atoms. The first-order chi connectivity index (χ1) is 6.24. The maximum atomic E-state index is 9.10. The third-order valence-corrected chi connectivity index (χ3v) is 1.88. The summed E-state index contributed by atoms with van der Waals surface area (Å²) < 4.78 is 0. The van der Waals surface area contributed by atoms with Crippen LogP contribution >= 0.6 is 0 Å². The minimum atomic E-state index is -0.695. The molecule has 0 bridgehead atoms. The molecule has 72 valence electrons. The fraction of sp³-hybridized carbons (Fsp3) is 0.400. The SMILES string of the molecule is Cc1ccccc1NC[C@H](O)CO. The smallest absolute Gasteiger partial charge is 0.0942 e. The number of aliphatic hydroxyl groups excluding tert-OH is 2. The van der Waals surface area contributed by atoms with Crippen LogP contribution in [0.3, 0.4) is 0 Å². The van der Waals surface area contributed by atoms with Gasteiger partial charge in [0.05, 0.1) is 12.7 Å². The van der Waals surface area contributed by atoms with Gasteiger partial charge in [-0.2, -0.15) is 0 Å². The average Bonchev–Trinajstić information content (AvgIpc) is 2.16. The molecule has 0 aliphatic rings. The van der Waals surface area contributed by atoms with Crippen molar-refractivity contribution in [3.8, 4) is 0 Å². The van der Waals surface area contributed by atoms with Gasteiger partial charge >= 0.3 is 0 Å². The number of hydrogen-bond acceptors (Lipinski definition) is 3. The Hall–Kier alpha value is -1.06. The number of nitrogens with one attached hydrogen (secondary N) is 1. The van der Waals surface area contributed by atoms with Crippen LogP contribution in [0.2, 0.25) is 0 Å². The Labute approximate surface area is 78.0 Å². The molecule has 0 heterocycles. The third kappa shape index (κ3) is 3.05. The zero-order valence-electron chi connectivity index (χ0n) is 7.70. The van der Waals surface area contributed by atoms with Crippen molar-refractivity contribution in [2.75, 3.05) is 18.5 Å². The third-order valence-electron chi connectivity index (χ3n) is 1.88. The van der Waals surface area contributed by atoms with E-state index in [0.29, 0.717) is 6.54 Å². The van der Waals surface area contributed by atoms with E-state index in [1.807, 2.05) is 31.2 Å². The van der Waals surface area contributed by atoms with Crippen molar-refractivity contribution >= 4 is 5.69 Å². The van der Waals surface area contributed by atoms with Crippen molar-refractivity contribution in [3.05, 3.63) is 29.8 Å². The van der Waals surface area contributed by atoms with E-state index in [9.17, 15) is 0 Å². The lowest BCUT2D eigenvalue weighted by molar-refractivity contribution is 0.105. The van der Waals surface area contributed by atoms with Gasteiger partial charge in [0.15, 0.2) is 0 Å². The summed E-state index contributed by atoms with van der Waals surface area (Å²) >= 11 is 0. The molecule has 0 amide bonds. The van der Waals surface area contributed by atoms with E-state index >= 15 is 0 Å². The molecular weight excluding hydrogens is 166 g/mol. The van der Waals surface area contributed by atoms with Crippen molar-refractivity contribution < 1.29 is 10.2 Å². The summed E-state index contributed by atoms with van der Waals surface area (Å²) in [7, 11) is 0.